The molecule has 2 aromatic carbocycles. The van der Waals surface area contributed by atoms with Crippen molar-refractivity contribution in [1.82, 2.24) is 9.88 Å². The number of pyridine rings is 1. The van der Waals surface area contributed by atoms with Gasteiger partial charge >= 0.3 is 0 Å². The number of aromatic nitrogens is 1. The third kappa shape index (κ3) is 4.21. The number of Topliss-reactive ketones (excluding diaryl/α,β-unsaturated/α-hetero) is 1. The van der Waals surface area contributed by atoms with Gasteiger partial charge in [0, 0.05) is 34.5 Å². The molecule has 1 fully saturated rings. The topological polar surface area (TPSA) is 89.0 Å². The van der Waals surface area contributed by atoms with E-state index in [0.29, 0.717) is 22.6 Å². The average molecular weight is 509 g/mol. The van der Waals surface area contributed by atoms with Crippen molar-refractivity contribution >= 4 is 33.4 Å². The maximum absolute atomic E-state index is 13.2. The molecule has 1 aliphatic rings. The molecule has 1 unspecified atom stereocenters. The van der Waals surface area contributed by atoms with Crippen molar-refractivity contribution in [3.05, 3.63) is 93.7 Å². The van der Waals surface area contributed by atoms with Crippen LogP contribution in [0.2, 0.25) is 0 Å². The van der Waals surface area contributed by atoms with Crippen LogP contribution in [0.3, 0.4) is 0 Å². The minimum atomic E-state index is -0.890. The van der Waals surface area contributed by atoms with Gasteiger partial charge in [-0.1, -0.05) is 46.3 Å². The Bertz CT molecular complexity index is 1230. The first-order valence-electron chi connectivity index (χ1n) is 10.1. The van der Waals surface area contributed by atoms with Crippen molar-refractivity contribution < 1.29 is 24.2 Å². The summed E-state index contributed by atoms with van der Waals surface area (Å²) in [7, 11) is 3.00. The van der Waals surface area contributed by atoms with Crippen LogP contribution in [0.5, 0.6) is 11.5 Å². The number of ether oxygens (including phenoxy) is 2. The minimum absolute atomic E-state index is 0.0160. The lowest BCUT2D eigenvalue weighted by Crippen LogP contribution is -2.29. The molecule has 1 aliphatic heterocycles. The van der Waals surface area contributed by atoms with Gasteiger partial charge in [0.25, 0.3) is 11.7 Å². The van der Waals surface area contributed by atoms with Gasteiger partial charge in [-0.3, -0.25) is 14.6 Å². The zero-order valence-corrected chi connectivity index (χ0v) is 19.6. The smallest absolute Gasteiger partial charge is 0.295 e. The number of carbonyl (C=O) groups is 2. The summed E-state index contributed by atoms with van der Waals surface area (Å²) in [6, 6.07) is 14.8. The van der Waals surface area contributed by atoms with E-state index >= 15 is 0 Å². The van der Waals surface area contributed by atoms with E-state index in [0.717, 1.165) is 10.0 Å². The van der Waals surface area contributed by atoms with Crippen LogP contribution in [0.15, 0.2) is 77.0 Å². The Morgan fingerprint density at radius 1 is 1.06 bits per heavy atom. The molecule has 1 atom stereocenters. The Hall–Kier alpha value is -3.65. The molecule has 1 saturated heterocycles. The molecule has 0 bridgehead atoms. The molecule has 8 heteroatoms. The number of ketones is 1. The SMILES string of the molecule is COc1cccc(C2/C(=C(/O)c3ccc(Br)cc3)C(=O)C(=O)N2Cc2cccnc2)c1OC. The summed E-state index contributed by atoms with van der Waals surface area (Å²) >= 11 is 3.37. The maximum atomic E-state index is 13.2. The lowest BCUT2D eigenvalue weighted by atomic mass is 9.94. The number of hydrogen-bond donors (Lipinski definition) is 1. The zero-order valence-electron chi connectivity index (χ0n) is 18.0. The molecule has 4 rings (SSSR count). The molecule has 168 valence electrons. The van der Waals surface area contributed by atoms with E-state index < -0.39 is 17.7 Å². The van der Waals surface area contributed by atoms with Crippen LogP contribution >= 0.6 is 15.9 Å². The average Bonchev–Trinajstić information content (AvgIpc) is 3.08. The summed E-state index contributed by atoms with van der Waals surface area (Å²) < 4.78 is 11.9. The number of para-hydroxylation sites is 1. The number of carbonyl (C=O) groups excluding carboxylic acids is 2. The van der Waals surface area contributed by atoms with E-state index in [-0.39, 0.29) is 17.9 Å². The zero-order chi connectivity index (χ0) is 23.5. The molecular weight excluding hydrogens is 488 g/mol. The van der Waals surface area contributed by atoms with Crippen molar-refractivity contribution in [3.8, 4) is 11.5 Å². The molecule has 0 radical (unpaired) electrons. The number of methoxy groups -OCH3 is 2. The molecular formula is C25H21BrN2O5. The normalized spacial score (nSPS) is 17.3. The van der Waals surface area contributed by atoms with Crippen LogP contribution in [-0.2, 0) is 16.1 Å². The molecule has 0 saturated carbocycles. The second-order valence-corrected chi connectivity index (χ2v) is 8.29. The fraction of sp³-hybridized carbons (Fsp3) is 0.160. The predicted molar refractivity (Wildman–Crippen MR) is 126 cm³/mol. The van der Waals surface area contributed by atoms with E-state index in [1.54, 1.807) is 60.9 Å². The third-order valence-corrected chi connectivity index (χ3v) is 5.99. The van der Waals surface area contributed by atoms with Crippen LogP contribution in [0, 0.1) is 0 Å². The Morgan fingerprint density at radius 2 is 1.82 bits per heavy atom. The van der Waals surface area contributed by atoms with Crippen molar-refractivity contribution in [2.75, 3.05) is 14.2 Å². The molecule has 1 amide bonds. The minimum Gasteiger partial charge on any atom is -0.507 e. The molecule has 7 nitrogen and oxygen atoms in total. The summed E-state index contributed by atoms with van der Waals surface area (Å²) in [6.07, 6.45) is 3.27. The van der Waals surface area contributed by atoms with Crippen LogP contribution in [0.4, 0.5) is 0 Å². The molecule has 0 spiro atoms. The predicted octanol–water partition coefficient (Wildman–Crippen LogP) is 4.48. The lowest BCUT2D eigenvalue weighted by molar-refractivity contribution is -0.140. The first-order valence-corrected chi connectivity index (χ1v) is 10.9. The summed E-state index contributed by atoms with van der Waals surface area (Å²) in [5.74, 6) is -0.915. The number of aliphatic hydroxyl groups is 1. The van der Waals surface area contributed by atoms with Gasteiger partial charge < -0.3 is 19.5 Å². The van der Waals surface area contributed by atoms with E-state index in [1.165, 1.54) is 19.1 Å². The molecule has 2 heterocycles. The van der Waals surface area contributed by atoms with Crippen LogP contribution in [-0.4, -0.2) is 40.9 Å². The first kappa shape index (κ1) is 22.5. The van der Waals surface area contributed by atoms with Gasteiger partial charge in [0.1, 0.15) is 5.76 Å². The standard InChI is InChI=1S/C25H21BrN2O5/c1-32-19-7-3-6-18(24(19)33-2)21-20(22(29)16-8-10-17(26)11-9-16)23(30)25(31)28(21)14-15-5-4-12-27-13-15/h3-13,21,29H,14H2,1-2H3/b22-20-. The van der Waals surface area contributed by atoms with Gasteiger partial charge in [-0.15, -0.1) is 0 Å². The van der Waals surface area contributed by atoms with Gasteiger partial charge in [-0.2, -0.15) is 0 Å². The molecule has 33 heavy (non-hydrogen) atoms. The lowest BCUT2D eigenvalue weighted by Gasteiger charge is -2.27. The fourth-order valence-electron chi connectivity index (χ4n) is 3.95. The number of benzene rings is 2. The summed E-state index contributed by atoms with van der Waals surface area (Å²) in [5.41, 5.74) is 1.68. The van der Waals surface area contributed by atoms with Crippen LogP contribution in [0.1, 0.15) is 22.7 Å². The van der Waals surface area contributed by atoms with Crippen molar-refractivity contribution in [3.63, 3.8) is 0 Å². The molecule has 1 N–H and O–H groups in total. The second-order valence-electron chi connectivity index (χ2n) is 7.38. The number of amides is 1. The number of rotatable bonds is 6. The number of likely N-dealkylation sites (tertiary alicyclic amines) is 1. The highest BCUT2D eigenvalue weighted by Gasteiger charge is 2.47. The molecule has 0 aliphatic carbocycles. The fourth-order valence-corrected chi connectivity index (χ4v) is 4.21. The van der Waals surface area contributed by atoms with Gasteiger partial charge in [-0.05, 0) is 29.8 Å². The summed E-state index contributed by atoms with van der Waals surface area (Å²) in [4.78, 5) is 31.9. The molecule has 3 aromatic rings. The highest BCUT2D eigenvalue weighted by Crippen LogP contribution is 2.46. The van der Waals surface area contributed by atoms with Gasteiger partial charge in [0.2, 0.25) is 0 Å². The highest BCUT2D eigenvalue weighted by molar-refractivity contribution is 9.10. The third-order valence-electron chi connectivity index (χ3n) is 5.46. The molecule has 1 aromatic heterocycles. The second kappa shape index (κ2) is 9.46. The largest absolute Gasteiger partial charge is 0.507 e. The van der Waals surface area contributed by atoms with Gasteiger partial charge in [-0.25, -0.2) is 0 Å². The van der Waals surface area contributed by atoms with Crippen molar-refractivity contribution in [2.24, 2.45) is 0 Å². The number of aliphatic hydroxyl groups excluding tert-OH is 1. The van der Waals surface area contributed by atoms with E-state index in [9.17, 15) is 14.7 Å². The maximum Gasteiger partial charge on any atom is 0.295 e. The summed E-state index contributed by atoms with van der Waals surface area (Å²) in [5, 5.41) is 11.2. The van der Waals surface area contributed by atoms with E-state index in [1.807, 2.05) is 6.07 Å². The van der Waals surface area contributed by atoms with Crippen molar-refractivity contribution in [1.29, 1.82) is 0 Å². The van der Waals surface area contributed by atoms with E-state index in [4.69, 9.17) is 9.47 Å². The van der Waals surface area contributed by atoms with E-state index in [2.05, 4.69) is 20.9 Å². The quantitative estimate of drug-likeness (QED) is 0.300. The van der Waals surface area contributed by atoms with Crippen molar-refractivity contribution in [2.45, 2.75) is 12.6 Å². The first-order chi connectivity index (χ1) is 16.0. The van der Waals surface area contributed by atoms with Crippen LogP contribution < -0.4 is 9.47 Å². The number of nitrogens with zero attached hydrogens (tertiary/aromatic N) is 2. The van der Waals surface area contributed by atoms with Gasteiger partial charge in [0.05, 0.1) is 25.8 Å². The number of halogens is 1. The van der Waals surface area contributed by atoms with Gasteiger partial charge in [0.15, 0.2) is 11.5 Å². The van der Waals surface area contributed by atoms with Crippen LogP contribution in [0.25, 0.3) is 5.76 Å². The Labute approximate surface area is 199 Å². The monoisotopic (exact) mass is 508 g/mol. The Balaban J connectivity index is 1.94. The highest BCUT2D eigenvalue weighted by atomic mass is 79.9. The Morgan fingerprint density at radius 3 is 2.45 bits per heavy atom. The Kier molecular flexibility index (Phi) is 6.46. The number of hydrogen-bond acceptors (Lipinski definition) is 6. The summed E-state index contributed by atoms with van der Waals surface area (Å²) in [6.45, 7) is 0.126.